The molecule has 0 atom stereocenters. The molecule has 0 aromatic heterocycles. The molecule has 27 heavy (non-hydrogen) atoms. The largest absolute Gasteiger partial charge is 0.465 e. The molecule has 0 aliphatic carbocycles. The Morgan fingerprint density at radius 2 is 1.70 bits per heavy atom. The van der Waals surface area contributed by atoms with Crippen molar-refractivity contribution in [2.75, 3.05) is 19.0 Å². The van der Waals surface area contributed by atoms with Crippen LogP contribution in [0.2, 0.25) is 0 Å². The summed E-state index contributed by atoms with van der Waals surface area (Å²) in [6, 6.07) is 10.4. The molecule has 1 N–H and O–H groups in total. The molecule has 0 saturated carbocycles. The Labute approximate surface area is 154 Å². The number of nitro groups is 1. The van der Waals surface area contributed by atoms with Gasteiger partial charge in [-0.05, 0) is 25.1 Å². The van der Waals surface area contributed by atoms with E-state index in [-0.39, 0.29) is 22.5 Å². The van der Waals surface area contributed by atoms with Gasteiger partial charge in [-0.25, -0.2) is 9.59 Å². The molecule has 0 aliphatic rings. The zero-order valence-electron chi connectivity index (χ0n) is 14.6. The number of nitro benzene ring substituents is 1. The number of nitrogens with one attached hydrogen (secondary N) is 1. The number of amides is 1. The summed E-state index contributed by atoms with van der Waals surface area (Å²) in [6.07, 6.45) is 0. The number of para-hydroxylation sites is 2. The number of methoxy groups -OCH3 is 1. The van der Waals surface area contributed by atoms with Crippen molar-refractivity contribution >= 4 is 29.2 Å². The number of hydrogen-bond acceptors (Lipinski definition) is 7. The van der Waals surface area contributed by atoms with E-state index in [4.69, 9.17) is 4.74 Å². The number of rotatable bonds is 6. The van der Waals surface area contributed by atoms with Crippen LogP contribution in [0.5, 0.6) is 0 Å². The van der Waals surface area contributed by atoms with Gasteiger partial charge in [0.05, 0.1) is 23.3 Å². The summed E-state index contributed by atoms with van der Waals surface area (Å²) in [5, 5.41) is 13.6. The van der Waals surface area contributed by atoms with E-state index in [1.165, 1.54) is 44.4 Å². The molecule has 0 radical (unpaired) electrons. The Bertz CT molecular complexity index is 908. The second-order valence-corrected chi connectivity index (χ2v) is 5.39. The first-order valence-corrected chi connectivity index (χ1v) is 7.73. The number of esters is 2. The summed E-state index contributed by atoms with van der Waals surface area (Å²) in [5.41, 5.74) is -0.00598. The van der Waals surface area contributed by atoms with Crippen LogP contribution in [0.25, 0.3) is 0 Å². The van der Waals surface area contributed by atoms with E-state index >= 15 is 0 Å². The van der Waals surface area contributed by atoms with Gasteiger partial charge >= 0.3 is 11.9 Å². The van der Waals surface area contributed by atoms with Crippen molar-refractivity contribution in [1.29, 1.82) is 0 Å². The standard InChI is InChI=1S/C18H16N2O7/c1-11-6-5-8-13(16(11)20(24)25)18(23)27-10-15(21)19-14-9-4-3-7-12(14)17(22)26-2/h3-9H,10H2,1-2H3,(H,19,21). The first-order valence-electron chi connectivity index (χ1n) is 7.73. The lowest BCUT2D eigenvalue weighted by molar-refractivity contribution is -0.385. The Morgan fingerprint density at radius 1 is 1.04 bits per heavy atom. The molecule has 0 saturated heterocycles. The van der Waals surface area contributed by atoms with Gasteiger partial charge in [-0.3, -0.25) is 14.9 Å². The number of anilines is 1. The molecular weight excluding hydrogens is 356 g/mol. The van der Waals surface area contributed by atoms with Crippen molar-refractivity contribution in [3.05, 3.63) is 69.3 Å². The van der Waals surface area contributed by atoms with E-state index in [1.807, 2.05) is 0 Å². The highest BCUT2D eigenvalue weighted by Gasteiger charge is 2.24. The Hall–Kier alpha value is -3.75. The fourth-order valence-corrected chi connectivity index (χ4v) is 2.34. The van der Waals surface area contributed by atoms with Gasteiger partial charge in [-0.2, -0.15) is 0 Å². The van der Waals surface area contributed by atoms with Crippen LogP contribution < -0.4 is 5.32 Å². The number of benzene rings is 2. The van der Waals surface area contributed by atoms with Crippen LogP contribution >= 0.6 is 0 Å². The molecule has 2 aromatic rings. The van der Waals surface area contributed by atoms with Crippen LogP contribution in [-0.2, 0) is 14.3 Å². The quantitative estimate of drug-likeness (QED) is 0.469. The highest BCUT2D eigenvalue weighted by Crippen LogP contribution is 2.23. The van der Waals surface area contributed by atoms with Crippen LogP contribution in [0.15, 0.2) is 42.5 Å². The Balaban J connectivity index is 2.07. The van der Waals surface area contributed by atoms with Gasteiger partial charge in [-0.1, -0.05) is 24.3 Å². The van der Waals surface area contributed by atoms with Crippen molar-refractivity contribution in [2.24, 2.45) is 0 Å². The molecule has 0 heterocycles. The van der Waals surface area contributed by atoms with E-state index in [0.717, 1.165) is 0 Å². The maximum absolute atomic E-state index is 12.1. The molecule has 2 rings (SSSR count). The molecule has 9 nitrogen and oxygen atoms in total. The summed E-state index contributed by atoms with van der Waals surface area (Å²) in [7, 11) is 1.21. The minimum atomic E-state index is -0.998. The zero-order valence-corrected chi connectivity index (χ0v) is 14.6. The minimum Gasteiger partial charge on any atom is -0.465 e. The predicted octanol–water partition coefficient (Wildman–Crippen LogP) is 2.49. The Kier molecular flexibility index (Phi) is 6.21. The van der Waals surface area contributed by atoms with Gasteiger partial charge in [0.25, 0.3) is 11.6 Å². The van der Waals surface area contributed by atoms with E-state index in [9.17, 15) is 24.5 Å². The number of carbonyl (C=O) groups is 3. The van der Waals surface area contributed by atoms with Crippen LogP contribution in [0, 0.1) is 17.0 Å². The second kappa shape index (κ2) is 8.56. The molecular formula is C18H16N2O7. The van der Waals surface area contributed by atoms with Gasteiger partial charge in [0.2, 0.25) is 0 Å². The number of ether oxygens (including phenoxy) is 2. The van der Waals surface area contributed by atoms with Gasteiger partial charge in [0.1, 0.15) is 5.56 Å². The maximum Gasteiger partial charge on any atom is 0.345 e. The number of hydrogen-bond donors (Lipinski definition) is 1. The minimum absolute atomic E-state index is 0.133. The van der Waals surface area contributed by atoms with E-state index < -0.39 is 29.4 Å². The summed E-state index contributed by atoms with van der Waals surface area (Å²) >= 11 is 0. The third-order valence-corrected chi connectivity index (χ3v) is 3.58. The third-order valence-electron chi connectivity index (χ3n) is 3.58. The second-order valence-electron chi connectivity index (χ2n) is 5.39. The lowest BCUT2D eigenvalue weighted by atomic mass is 10.1. The molecule has 0 unspecified atom stereocenters. The lowest BCUT2D eigenvalue weighted by Gasteiger charge is -2.10. The maximum atomic E-state index is 12.1. The summed E-state index contributed by atoms with van der Waals surface area (Å²) in [6.45, 7) is 0.810. The Morgan fingerprint density at radius 3 is 2.37 bits per heavy atom. The van der Waals surface area contributed by atoms with Gasteiger partial charge < -0.3 is 14.8 Å². The highest BCUT2D eigenvalue weighted by atomic mass is 16.6. The summed E-state index contributed by atoms with van der Waals surface area (Å²) in [5.74, 6) is -2.35. The summed E-state index contributed by atoms with van der Waals surface area (Å²) < 4.78 is 9.48. The number of aryl methyl sites for hydroxylation is 1. The fraction of sp³-hybridized carbons (Fsp3) is 0.167. The molecule has 0 fully saturated rings. The molecule has 0 aliphatic heterocycles. The van der Waals surface area contributed by atoms with Crippen molar-refractivity contribution < 1.29 is 28.8 Å². The molecule has 2 aromatic carbocycles. The van der Waals surface area contributed by atoms with Crippen LogP contribution in [-0.4, -0.2) is 36.5 Å². The van der Waals surface area contributed by atoms with Crippen molar-refractivity contribution in [1.82, 2.24) is 0 Å². The topological polar surface area (TPSA) is 125 Å². The smallest absolute Gasteiger partial charge is 0.345 e. The molecule has 140 valence electrons. The lowest BCUT2D eigenvalue weighted by Crippen LogP contribution is -2.22. The van der Waals surface area contributed by atoms with Gasteiger partial charge in [0, 0.05) is 5.56 Å². The van der Waals surface area contributed by atoms with Gasteiger partial charge in [-0.15, -0.1) is 0 Å². The average Bonchev–Trinajstić information content (AvgIpc) is 2.65. The molecule has 9 heteroatoms. The van der Waals surface area contributed by atoms with Crippen LogP contribution in [0.3, 0.4) is 0 Å². The zero-order chi connectivity index (χ0) is 20.0. The number of carbonyl (C=O) groups excluding carboxylic acids is 3. The van der Waals surface area contributed by atoms with E-state index in [0.29, 0.717) is 5.56 Å². The van der Waals surface area contributed by atoms with Crippen LogP contribution in [0.1, 0.15) is 26.3 Å². The molecule has 1 amide bonds. The number of nitrogens with zero attached hydrogens (tertiary/aromatic N) is 1. The van der Waals surface area contributed by atoms with Crippen LogP contribution in [0.4, 0.5) is 11.4 Å². The van der Waals surface area contributed by atoms with Gasteiger partial charge in [0.15, 0.2) is 6.61 Å². The monoisotopic (exact) mass is 372 g/mol. The predicted molar refractivity (Wildman–Crippen MR) is 94.5 cm³/mol. The molecule has 0 spiro atoms. The fourth-order valence-electron chi connectivity index (χ4n) is 2.34. The first-order chi connectivity index (χ1) is 12.8. The normalized spacial score (nSPS) is 10.0. The first kappa shape index (κ1) is 19.6. The van der Waals surface area contributed by atoms with Crippen molar-refractivity contribution in [2.45, 2.75) is 6.92 Å². The third kappa shape index (κ3) is 4.66. The van der Waals surface area contributed by atoms with Crippen molar-refractivity contribution in [3.8, 4) is 0 Å². The van der Waals surface area contributed by atoms with Crippen molar-refractivity contribution in [3.63, 3.8) is 0 Å². The SMILES string of the molecule is COC(=O)c1ccccc1NC(=O)COC(=O)c1cccc(C)c1[N+](=O)[O-]. The average molecular weight is 372 g/mol. The van der Waals surface area contributed by atoms with E-state index in [1.54, 1.807) is 12.1 Å². The van der Waals surface area contributed by atoms with E-state index in [2.05, 4.69) is 10.1 Å². The highest BCUT2D eigenvalue weighted by molar-refractivity contribution is 6.02. The summed E-state index contributed by atoms with van der Waals surface area (Å²) in [4.78, 5) is 46.3. The molecule has 0 bridgehead atoms.